The molecule has 0 aliphatic heterocycles. The molecule has 5 aliphatic rings. The molecular formula is C38H51N3O3. The summed E-state index contributed by atoms with van der Waals surface area (Å²) in [4.78, 5) is 30.8. The van der Waals surface area contributed by atoms with Crippen LogP contribution >= 0.6 is 0 Å². The lowest BCUT2D eigenvalue weighted by molar-refractivity contribution is -0.188. The number of nitriles is 1. The molecule has 3 saturated carbocycles. The van der Waals surface area contributed by atoms with Crippen LogP contribution in [0.1, 0.15) is 106 Å². The highest BCUT2D eigenvalue weighted by molar-refractivity contribution is 6.04. The van der Waals surface area contributed by atoms with Crippen LogP contribution in [-0.4, -0.2) is 27.9 Å². The maximum Gasteiger partial charge on any atom is 0.225 e. The maximum atomic E-state index is 13.3. The van der Waals surface area contributed by atoms with Gasteiger partial charge in [-0.25, -0.2) is 4.98 Å². The monoisotopic (exact) mass is 597 g/mol. The summed E-state index contributed by atoms with van der Waals surface area (Å²) in [6.07, 6.45) is 13.7. The van der Waals surface area contributed by atoms with E-state index < -0.39 is 16.9 Å². The van der Waals surface area contributed by atoms with Crippen LogP contribution in [0.2, 0.25) is 0 Å². The Morgan fingerprint density at radius 1 is 1.07 bits per heavy atom. The second kappa shape index (κ2) is 10.1. The summed E-state index contributed by atoms with van der Waals surface area (Å²) in [5.41, 5.74) is 0.278. The first-order valence-electron chi connectivity index (χ1n) is 16.8. The first kappa shape index (κ1) is 31.2. The number of ketones is 1. The van der Waals surface area contributed by atoms with Gasteiger partial charge in [0.05, 0.1) is 11.7 Å². The van der Waals surface area contributed by atoms with Gasteiger partial charge < -0.3 is 10.4 Å². The van der Waals surface area contributed by atoms with Gasteiger partial charge in [-0.05, 0) is 103 Å². The first-order chi connectivity index (χ1) is 20.5. The van der Waals surface area contributed by atoms with Crippen molar-refractivity contribution in [3.8, 4) is 6.07 Å². The van der Waals surface area contributed by atoms with Crippen LogP contribution in [0.4, 0.5) is 5.82 Å². The summed E-state index contributed by atoms with van der Waals surface area (Å²) in [5.74, 6) is 1.02. The number of nitrogens with one attached hydrogen (secondary N) is 1. The van der Waals surface area contributed by atoms with Crippen LogP contribution in [0.25, 0.3) is 0 Å². The molecule has 6 heteroatoms. The zero-order chi connectivity index (χ0) is 31.9. The molecule has 236 valence electrons. The Labute approximate surface area is 263 Å². The molecule has 0 spiro atoms. The van der Waals surface area contributed by atoms with Gasteiger partial charge in [0, 0.05) is 23.4 Å². The Morgan fingerprint density at radius 3 is 2.48 bits per heavy atom. The van der Waals surface area contributed by atoms with E-state index in [1.165, 1.54) is 5.57 Å². The molecule has 8 unspecified atom stereocenters. The van der Waals surface area contributed by atoms with E-state index >= 15 is 0 Å². The summed E-state index contributed by atoms with van der Waals surface area (Å²) in [6.45, 7) is 15.8. The summed E-state index contributed by atoms with van der Waals surface area (Å²) in [5, 5.41) is 25.3. The van der Waals surface area contributed by atoms with E-state index in [1.54, 1.807) is 6.20 Å². The fourth-order valence-electron chi connectivity index (χ4n) is 11.4. The molecule has 2 N–H and O–H groups in total. The molecule has 3 fully saturated rings. The zero-order valence-electron chi connectivity index (χ0n) is 27.8. The minimum absolute atomic E-state index is 0.00845. The van der Waals surface area contributed by atoms with Crippen LogP contribution in [0, 0.1) is 61.6 Å². The minimum atomic E-state index is -0.635. The number of anilines is 1. The standard InChI is InChI=1S/C38H51N3O3/c1-33(2)15-17-38(14-12-30(43)41-29-10-8-9-19-40-29)18-16-37(7)31(25(38)22-33)26(42)20-28-35(5)21-24(23-39)32(44)34(3,4)27(35)11-13-36(28,37)6/h8-10,19-21,25-27,31,42H,11-18,22H2,1-7H3,(H,40,41,43). The largest absolute Gasteiger partial charge is 0.389 e. The third-order valence-electron chi connectivity index (χ3n) is 14.0. The summed E-state index contributed by atoms with van der Waals surface area (Å²) < 4.78 is 0. The number of nitrogens with zero attached hydrogens (tertiary/aromatic N) is 2. The third kappa shape index (κ3) is 4.39. The van der Waals surface area contributed by atoms with Crippen molar-refractivity contribution in [2.75, 3.05) is 5.32 Å². The summed E-state index contributed by atoms with van der Waals surface area (Å²) >= 11 is 0. The van der Waals surface area contributed by atoms with E-state index in [1.807, 2.05) is 38.1 Å². The number of hydrogen-bond acceptors (Lipinski definition) is 5. The molecule has 1 aromatic rings. The number of fused-ring (bicyclic) bond motifs is 7. The molecule has 0 radical (unpaired) electrons. The third-order valence-corrected chi connectivity index (χ3v) is 14.0. The molecule has 0 aromatic carbocycles. The van der Waals surface area contributed by atoms with Crippen molar-refractivity contribution in [1.29, 1.82) is 5.26 Å². The van der Waals surface area contributed by atoms with E-state index in [4.69, 9.17) is 0 Å². The van der Waals surface area contributed by atoms with E-state index in [0.717, 1.165) is 51.4 Å². The van der Waals surface area contributed by atoms with Gasteiger partial charge in [-0.3, -0.25) is 9.59 Å². The fourth-order valence-corrected chi connectivity index (χ4v) is 11.4. The van der Waals surface area contributed by atoms with Gasteiger partial charge in [0.25, 0.3) is 0 Å². The predicted molar refractivity (Wildman–Crippen MR) is 172 cm³/mol. The summed E-state index contributed by atoms with van der Waals surface area (Å²) in [7, 11) is 0. The summed E-state index contributed by atoms with van der Waals surface area (Å²) in [6, 6.07) is 7.78. The predicted octanol–water partition coefficient (Wildman–Crippen LogP) is 7.81. The number of amides is 1. The molecule has 1 aromatic heterocycles. The Bertz CT molecular complexity index is 1470. The molecule has 5 aliphatic carbocycles. The highest BCUT2D eigenvalue weighted by Crippen LogP contribution is 2.75. The molecule has 44 heavy (non-hydrogen) atoms. The smallest absolute Gasteiger partial charge is 0.225 e. The van der Waals surface area contributed by atoms with E-state index in [9.17, 15) is 20.0 Å². The number of rotatable bonds is 4. The van der Waals surface area contributed by atoms with Gasteiger partial charge >= 0.3 is 0 Å². The van der Waals surface area contributed by atoms with Gasteiger partial charge in [-0.1, -0.05) is 72.3 Å². The van der Waals surface area contributed by atoms with Crippen LogP contribution in [0.15, 0.2) is 47.7 Å². The molecule has 1 amide bonds. The molecule has 6 rings (SSSR count). The minimum Gasteiger partial charge on any atom is -0.389 e. The van der Waals surface area contributed by atoms with Crippen LogP contribution in [-0.2, 0) is 9.59 Å². The van der Waals surface area contributed by atoms with Gasteiger partial charge in [0.1, 0.15) is 11.9 Å². The molecule has 1 heterocycles. The highest BCUT2D eigenvalue weighted by Gasteiger charge is 2.69. The van der Waals surface area contributed by atoms with E-state index in [0.29, 0.717) is 18.2 Å². The van der Waals surface area contributed by atoms with Crippen molar-refractivity contribution in [3.05, 3.63) is 47.7 Å². The second-order valence-corrected chi connectivity index (χ2v) is 17.0. The number of hydrogen-bond donors (Lipinski definition) is 2. The number of carbonyl (C=O) groups excluding carboxylic acids is 2. The Kier molecular flexibility index (Phi) is 7.17. The normalized spacial score (nSPS) is 41.8. The average Bonchev–Trinajstić information content (AvgIpc) is 2.96. The van der Waals surface area contributed by atoms with Crippen LogP contribution in [0.3, 0.4) is 0 Å². The zero-order valence-corrected chi connectivity index (χ0v) is 27.8. The Balaban J connectivity index is 1.38. The van der Waals surface area contributed by atoms with E-state index in [-0.39, 0.29) is 50.8 Å². The Hall–Kier alpha value is -2.78. The first-order valence-corrected chi connectivity index (χ1v) is 16.8. The quantitative estimate of drug-likeness (QED) is 0.345. The highest BCUT2D eigenvalue weighted by atomic mass is 16.3. The second-order valence-electron chi connectivity index (χ2n) is 17.0. The van der Waals surface area contributed by atoms with Gasteiger partial charge in [0.2, 0.25) is 5.91 Å². The number of Topliss-reactive ketones (excluding diaryl/α,β-unsaturated/α-hetero) is 1. The molecule has 0 saturated heterocycles. The van der Waals surface area contributed by atoms with Gasteiger partial charge in [-0.2, -0.15) is 5.26 Å². The maximum absolute atomic E-state index is 13.3. The lowest BCUT2D eigenvalue weighted by Crippen LogP contribution is -2.65. The van der Waals surface area contributed by atoms with Gasteiger partial charge in [0.15, 0.2) is 5.78 Å². The van der Waals surface area contributed by atoms with Crippen molar-refractivity contribution < 1.29 is 14.7 Å². The number of aliphatic hydroxyl groups is 1. The van der Waals surface area contributed by atoms with Crippen molar-refractivity contribution in [1.82, 2.24) is 4.98 Å². The van der Waals surface area contributed by atoms with Crippen LogP contribution < -0.4 is 5.32 Å². The number of aliphatic hydroxyl groups excluding tert-OH is 1. The Morgan fingerprint density at radius 2 is 1.80 bits per heavy atom. The van der Waals surface area contributed by atoms with Gasteiger partial charge in [-0.15, -0.1) is 0 Å². The van der Waals surface area contributed by atoms with Crippen molar-refractivity contribution in [2.45, 2.75) is 112 Å². The molecule has 6 nitrogen and oxygen atoms in total. The van der Waals surface area contributed by atoms with Crippen molar-refractivity contribution in [3.63, 3.8) is 0 Å². The molecule has 0 bridgehead atoms. The number of aromatic nitrogens is 1. The lowest BCUT2D eigenvalue weighted by atomic mass is 9.34. The van der Waals surface area contributed by atoms with Crippen LogP contribution in [0.5, 0.6) is 0 Å². The molecular weight excluding hydrogens is 546 g/mol. The lowest BCUT2D eigenvalue weighted by Gasteiger charge is -2.71. The molecule has 8 atom stereocenters. The van der Waals surface area contributed by atoms with E-state index in [2.05, 4.69) is 57.1 Å². The fraction of sp³-hybridized carbons (Fsp3) is 0.684. The van der Waals surface area contributed by atoms with Crippen molar-refractivity contribution >= 4 is 17.5 Å². The number of allylic oxidation sites excluding steroid dienone is 3. The SMILES string of the molecule is CC1(C)CCC2(CCC(=O)Nc3ccccn3)CCC3(C)C(C(O)C=C4C5(C)C=C(C#N)C(=O)C(C)(C)C5CCC43C)C2C1. The number of pyridine rings is 1. The topological polar surface area (TPSA) is 103 Å². The van der Waals surface area contributed by atoms with Crippen molar-refractivity contribution in [2.24, 2.45) is 50.2 Å². The number of carbonyl (C=O) groups is 2. The average molecular weight is 598 g/mol.